The van der Waals surface area contributed by atoms with Crippen LogP contribution in [0.15, 0.2) is 0 Å². The maximum Gasteiger partial charge on any atom is 0.332 e. The summed E-state index contributed by atoms with van der Waals surface area (Å²) < 4.78 is 0. The van der Waals surface area contributed by atoms with Crippen LogP contribution in [0.25, 0.3) is 0 Å². The summed E-state index contributed by atoms with van der Waals surface area (Å²) in [4.78, 5) is 26.8. The van der Waals surface area contributed by atoms with Gasteiger partial charge in [-0.2, -0.15) is 0 Å². The molecule has 0 aromatic carbocycles. The number of carboxylic acid groups (broad SMARTS) is 1. The summed E-state index contributed by atoms with van der Waals surface area (Å²) >= 11 is 0. The van der Waals surface area contributed by atoms with E-state index >= 15 is 0 Å². The molecule has 7 nitrogen and oxygen atoms in total. The minimum absolute atomic E-state index is 0.0315. The lowest BCUT2D eigenvalue weighted by Crippen LogP contribution is -2.55. The molecule has 2 rings (SSSR count). The summed E-state index contributed by atoms with van der Waals surface area (Å²) in [7, 11) is 2.15. The van der Waals surface area contributed by atoms with E-state index in [1.807, 2.05) is 4.90 Å². The first-order chi connectivity index (χ1) is 9.99. The molecule has 21 heavy (non-hydrogen) atoms. The van der Waals surface area contributed by atoms with Gasteiger partial charge in [0.25, 0.3) is 0 Å². The van der Waals surface area contributed by atoms with Crippen molar-refractivity contribution in [3.05, 3.63) is 0 Å². The topological polar surface area (TPSA) is 93.1 Å². The van der Waals surface area contributed by atoms with Crippen LogP contribution < -0.4 is 5.32 Å². The Morgan fingerprint density at radius 1 is 1.33 bits per heavy atom. The van der Waals surface area contributed by atoms with Crippen molar-refractivity contribution in [3.63, 3.8) is 0 Å². The fraction of sp³-hybridized carbons (Fsp3) is 0.857. The van der Waals surface area contributed by atoms with E-state index in [9.17, 15) is 9.59 Å². The van der Waals surface area contributed by atoms with Crippen LogP contribution in [-0.2, 0) is 4.79 Å². The van der Waals surface area contributed by atoms with E-state index in [1.165, 1.54) is 6.42 Å². The van der Waals surface area contributed by atoms with Crippen molar-refractivity contribution in [1.29, 1.82) is 0 Å². The highest BCUT2D eigenvalue weighted by Crippen LogP contribution is 2.29. The van der Waals surface area contributed by atoms with Crippen LogP contribution in [-0.4, -0.2) is 77.4 Å². The van der Waals surface area contributed by atoms with Gasteiger partial charge >= 0.3 is 12.0 Å². The van der Waals surface area contributed by atoms with Crippen LogP contribution >= 0.6 is 0 Å². The highest BCUT2D eigenvalue weighted by molar-refractivity contribution is 5.75. The maximum atomic E-state index is 12.1. The smallest absolute Gasteiger partial charge is 0.332 e. The number of carbonyl (C=O) groups is 2. The molecule has 0 aromatic heterocycles. The second-order valence-electron chi connectivity index (χ2n) is 6.06. The number of nitrogens with one attached hydrogen (secondary N) is 1. The number of urea groups is 1. The molecule has 3 unspecified atom stereocenters. The van der Waals surface area contributed by atoms with Crippen LogP contribution in [0.1, 0.15) is 25.7 Å². The Morgan fingerprint density at radius 2 is 2.10 bits per heavy atom. The third-order valence-corrected chi connectivity index (χ3v) is 4.61. The number of hydrogen-bond acceptors (Lipinski definition) is 4. The highest BCUT2D eigenvalue weighted by Gasteiger charge is 2.35. The first kappa shape index (κ1) is 16.0. The standard InChI is InChI=1S/C14H25N3O4/c1-16-7-2-3-10-9-17(8-5-11(10)16)14(21)15-6-4-12(18)13(19)20/h10-12,18H,2-9H2,1H3,(H,15,21)(H,19,20). The SMILES string of the molecule is CN1CCCC2CN(C(=O)NCCC(O)C(=O)O)CCC21. The van der Waals surface area contributed by atoms with Gasteiger partial charge < -0.3 is 25.3 Å². The Morgan fingerprint density at radius 3 is 2.81 bits per heavy atom. The van der Waals surface area contributed by atoms with Gasteiger partial charge in [-0.1, -0.05) is 0 Å². The van der Waals surface area contributed by atoms with Crippen molar-refractivity contribution in [2.24, 2.45) is 5.92 Å². The number of rotatable bonds is 4. The Kier molecular flexibility index (Phi) is 5.41. The number of likely N-dealkylation sites (tertiary alicyclic amines) is 2. The zero-order chi connectivity index (χ0) is 15.4. The van der Waals surface area contributed by atoms with Crippen LogP contribution in [0.2, 0.25) is 0 Å². The molecule has 2 fully saturated rings. The molecule has 2 saturated heterocycles. The van der Waals surface area contributed by atoms with Crippen molar-refractivity contribution >= 4 is 12.0 Å². The second-order valence-corrected chi connectivity index (χ2v) is 6.06. The number of carbonyl (C=O) groups excluding carboxylic acids is 1. The molecule has 2 amide bonds. The quantitative estimate of drug-likeness (QED) is 0.677. The maximum absolute atomic E-state index is 12.1. The molecule has 0 bridgehead atoms. The summed E-state index contributed by atoms with van der Waals surface area (Å²) in [6.45, 7) is 2.82. The number of hydrogen-bond donors (Lipinski definition) is 3. The predicted molar refractivity (Wildman–Crippen MR) is 77.0 cm³/mol. The third-order valence-electron chi connectivity index (χ3n) is 4.61. The number of nitrogens with zero attached hydrogens (tertiary/aromatic N) is 2. The summed E-state index contributed by atoms with van der Waals surface area (Å²) in [6, 6.07) is 0.427. The number of aliphatic carboxylic acids is 1. The minimum atomic E-state index is -1.41. The highest BCUT2D eigenvalue weighted by atomic mass is 16.4. The normalized spacial score (nSPS) is 27.8. The van der Waals surface area contributed by atoms with Crippen molar-refractivity contribution in [1.82, 2.24) is 15.1 Å². The molecule has 120 valence electrons. The van der Waals surface area contributed by atoms with Gasteiger partial charge in [-0.15, -0.1) is 0 Å². The van der Waals surface area contributed by atoms with Crippen LogP contribution in [0.5, 0.6) is 0 Å². The zero-order valence-corrected chi connectivity index (χ0v) is 12.5. The predicted octanol–water partition coefficient (Wildman–Crippen LogP) is -0.0523. The van der Waals surface area contributed by atoms with Gasteiger partial charge in [0.2, 0.25) is 0 Å². The number of aliphatic hydroxyl groups excluding tert-OH is 1. The second kappa shape index (κ2) is 7.09. The van der Waals surface area contributed by atoms with Crippen molar-refractivity contribution in [2.75, 3.05) is 33.2 Å². The Hall–Kier alpha value is -1.34. The summed E-state index contributed by atoms with van der Waals surface area (Å²) in [5.41, 5.74) is 0. The molecule has 3 N–H and O–H groups in total. The minimum Gasteiger partial charge on any atom is -0.479 e. The number of carboxylic acids is 1. The van der Waals surface area contributed by atoms with Gasteiger partial charge in [0, 0.05) is 32.1 Å². The van der Waals surface area contributed by atoms with Gasteiger partial charge in [0.15, 0.2) is 6.10 Å². The lowest BCUT2D eigenvalue weighted by atomic mass is 9.84. The molecule has 0 saturated carbocycles. The van der Waals surface area contributed by atoms with Gasteiger partial charge in [-0.3, -0.25) is 0 Å². The van der Waals surface area contributed by atoms with Gasteiger partial charge in [-0.25, -0.2) is 9.59 Å². The van der Waals surface area contributed by atoms with Crippen molar-refractivity contribution in [2.45, 2.75) is 37.8 Å². The van der Waals surface area contributed by atoms with E-state index < -0.39 is 12.1 Å². The van der Waals surface area contributed by atoms with Gasteiger partial charge in [-0.05, 0) is 38.8 Å². The molecule has 0 aliphatic carbocycles. The number of fused-ring (bicyclic) bond motifs is 1. The van der Waals surface area contributed by atoms with E-state index in [1.54, 1.807) is 0 Å². The molecule has 7 heteroatoms. The van der Waals surface area contributed by atoms with E-state index in [2.05, 4.69) is 17.3 Å². The average Bonchev–Trinajstić information content (AvgIpc) is 2.46. The third kappa shape index (κ3) is 4.07. The molecular formula is C14H25N3O4. The Labute approximate surface area is 124 Å². The van der Waals surface area contributed by atoms with Crippen molar-refractivity contribution in [3.8, 4) is 0 Å². The summed E-state index contributed by atoms with van der Waals surface area (Å²) in [5.74, 6) is -0.719. The lowest BCUT2D eigenvalue weighted by molar-refractivity contribution is -0.146. The van der Waals surface area contributed by atoms with Crippen molar-refractivity contribution < 1.29 is 19.8 Å². The largest absolute Gasteiger partial charge is 0.479 e. The molecule has 3 atom stereocenters. The number of piperidine rings is 2. The number of aliphatic hydroxyl groups is 1. The van der Waals surface area contributed by atoms with E-state index in [0.717, 1.165) is 32.5 Å². The van der Waals surface area contributed by atoms with Gasteiger partial charge in [0.05, 0.1) is 0 Å². The molecule has 0 aromatic rings. The van der Waals surface area contributed by atoms with E-state index in [-0.39, 0.29) is 19.0 Å². The monoisotopic (exact) mass is 299 g/mol. The molecule has 2 heterocycles. The summed E-state index contributed by atoms with van der Waals surface area (Å²) in [5, 5.41) is 20.4. The molecular weight excluding hydrogens is 274 g/mol. The first-order valence-corrected chi connectivity index (χ1v) is 7.63. The fourth-order valence-electron chi connectivity index (χ4n) is 3.39. The van der Waals surface area contributed by atoms with Crippen LogP contribution in [0.3, 0.4) is 0 Å². The summed E-state index contributed by atoms with van der Waals surface area (Å²) in [6.07, 6.45) is 1.95. The average molecular weight is 299 g/mol. The first-order valence-electron chi connectivity index (χ1n) is 7.63. The Bertz CT molecular complexity index is 390. The Balaban J connectivity index is 1.75. The van der Waals surface area contributed by atoms with Gasteiger partial charge in [0.1, 0.15) is 0 Å². The van der Waals surface area contributed by atoms with Crippen LogP contribution in [0, 0.1) is 5.92 Å². The fourth-order valence-corrected chi connectivity index (χ4v) is 3.39. The molecule has 2 aliphatic rings. The zero-order valence-electron chi connectivity index (χ0n) is 12.5. The molecule has 0 radical (unpaired) electrons. The van der Waals surface area contributed by atoms with Crippen LogP contribution in [0.4, 0.5) is 4.79 Å². The molecule has 2 aliphatic heterocycles. The lowest BCUT2D eigenvalue weighted by Gasteiger charge is -2.45. The number of amides is 2. The molecule has 0 spiro atoms. The van der Waals surface area contributed by atoms with E-state index in [4.69, 9.17) is 10.2 Å². The van der Waals surface area contributed by atoms with E-state index in [0.29, 0.717) is 12.0 Å².